The zero-order valence-electron chi connectivity index (χ0n) is 8.59. The zero-order valence-corrected chi connectivity index (χ0v) is 9.40. The smallest absolute Gasteiger partial charge is 0.303 e. The molecule has 16 heavy (non-hydrogen) atoms. The summed E-state index contributed by atoms with van der Waals surface area (Å²) in [4.78, 5) is 15.7. The van der Waals surface area contributed by atoms with Crippen LogP contribution in [0.2, 0.25) is 0 Å². The Kier molecular flexibility index (Phi) is 2.17. The zero-order chi connectivity index (χ0) is 11.1. The summed E-state index contributed by atoms with van der Waals surface area (Å²) in [5, 5.41) is 14.2. The molecule has 1 aliphatic rings. The Hall–Kier alpha value is -1.43. The highest BCUT2D eigenvalue weighted by molar-refractivity contribution is 7.16. The standard InChI is InChI=1S/C10H11N3O2S/c14-8(15)4-3-7-5-13-10(11-7)16-9(12-13)6-1-2-6/h5-6H,1-4H2,(H,14,15). The van der Waals surface area contributed by atoms with E-state index in [1.54, 1.807) is 15.9 Å². The fourth-order valence-electron chi connectivity index (χ4n) is 1.61. The highest BCUT2D eigenvalue weighted by Gasteiger charge is 2.27. The molecule has 5 nitrogen and oxygen atoms in total. The molecule has 0 atom stereocenters. The predicted octanol–water partition coefficient (Wildman–Crippen LogP) is 1.69. The van der Waals surface area contributed by atoms with Crippen molar-refractivity contribution in [1.29, 1.82) is 0 Å². The van der Waals surface area contributed by atoms with E-state index in [0.29, 0.717) is 12.3 Å². The summed E-state index contributed by atoms with van der Waals surface area (Å²) < 4.78 is 1.77. The molecule has 0 aromatic carbocycles. The van der Waals surface area contributed by atoms with Gasteiger partial charge in [0, 0.05) is 12.3 Å². The van der Waals surface area contributed by atoms with Crippen LogP contribution in [0.4, 0.5) is 0 Å². The molecule has 1 N–H and O–H groups in total. The number of carboxylic acids is 1. The number of hydrogen-bond donors (Lipinski definition) is 1. The Bertz CT molecular complexity index is 510. The number of carbonyl (C=O) groups is 1. The quantitative estimate of drug-likeness (QED) is 0.878. The number of aliphatic carboxylic acids is 1. The first kappa shape index (κ1) is 9.77. The van der Waals surface area contributed by atoms with Gasteiger partial charge in [0.2, 0.25) is 4.96 Å². The third kappa shape index (κ3) is 1.80. The first-order chi connectivity index (χ1) is 7.72. The molecule has 0 saturated heterocycles. The minimum absolute atomic E-state index is 0.125. The van der Waals surface area contributed by atoms with Crippen molar-refractivity contribution < 1.29 is 9.90 Å². The summed E-state index contributed by atoms with van der Waals surface area (Å²) in [5.74, 6) is -0.142. The highest BCUT2D eigenvalue weighted by Crippen LogP contribution is 2.41. The van der Waals surface area contributed by atoms with Crippen LogP contribution in [0.3, 0.4) is 0 Å². The lowest BCUT2D eigenvalue weighted by atomic mass is 10.2. The topological polar surface area (TPSA) is 67.5 Å². The van der Waals surface area contributed by atoms with Crippen molar-refractivity contribution in [2.45, 2.75) is 31.6 Å². The SMILES string of the molecule is O=C(O)CCc1cn2nc(C3CC3)sc2n1. The molecule has 0 bridgehead atoms. The van der Waals surface area contributed by atoms with Crippen LogP contribution >= 0.6 is 11.3 Å². The molecule has 3 rings (SSSR count). The summed E-state index contributed by atoms with van der Waals surface area (Å²) in [6, 6.07) is 0. The van der Waals surface area contributed by atoms with Crippen LogP contribution in [0, 0.1) is 0 Å². The van der Waals surface area contributed by atoms with E-state index in [1.807, 2.05) is 6.20 Å². The second-order valence-electron chi connectivity index (χ2n) is 4.07. The third-order valence-electron chi connectivity index (χ3n) is 2.63. The van der Waals surface area contributed by atoms with Gasteiger partial charge in [0.05, 0.1) is 18.3 Å². The van der Waals surface area contributed by atoms with Crippen molar-refractivity contribution in [3.05, 3.63) is 16.9 Å². The van der Waals surface area contributed by atoms with Gasteiger partial charge in [-0.2, -0.15) is 5.10 Å². The highest BCUT2D eigenvalue weighted by atomic mass is 32.1. The van der Waals surface area contributed by atoms with Crippen molar-refractivity contribution >= 4 is 22.3 Å². The lowest BCUT2D eigenvalue weighted by molar-refractivity contribution is -0.136. The van der Waals surface area contributed by atoms with Gasteiger partial charge >= 0.3 is 5.97 Å². The fraction of sp³-hybridized carbons (Fsp3) is 0.500. The lowest BCUT2D eigenvalue weighted by Gasteiger charge is -1.90. The van der Waals surface area contributed by atoms with Crippen LogP contribution in [0.1, 0.15) is 35.9 Å². The van der Waals surface area contributed by atoms with E-state index < -0.39 is 5.97 Å². The van der Waals surface area contributed by atoms with Crippen molar-refractivity contribution in [1.82, 2.24) is 14.6 Å². The molecule has 0 unspecified atom stereocenters. The Morgan fingerprint density at radius 3 is 3.06 bits per heavy atom. The maximum atomic E-state index is 10.4. The molecule has 2 heterocycles. The number of carboxylic acid groups (broad SMARTS) is 1. The average Bonchev–Trinajstić information content (AvgIpc) is 2.88. The molecule has 0 aliphatic heterocycles. The molecule has 0 radical (unpaired) electrons. The Morgan fingerprint density at radius 1 is 1.62 bits per heavy atom. The predicted molar refractivity (Wildman–Crippen MR) is 58.8 cm³/mol. The van der Waals surface area contributed by atoms with Crippen LogP contribution in [0.5, 0.6) is 0 Å². The average molecular weight is 237 g/mol. The van der Waals surface area contributed by atoms with Gasteiger partial charge in [0.25, 0.3) is 0 Å². The summed E-state index contributed by atoms with van der Waals surface area (Å²) in [6.07, 6.45) is 4.91. The van der Waals surface area contributed by atoms with Gasteiger partial charge in [-0.1, -0.05) is 11.3 Å². The molecule has 1 saturated carbocycles. The van der Waals surface area contributed by atoms with Crippen LogP contribution in [0.15, 0.2) is 6.20 Å². The summed E-state index contributed by atoms with van der Waals surface area (Å²) in [7, 11) is 0. The second kappa shape index (κ2) is 3.55. The molecular weight excluding hydrogens is 226 g/mol. The van der Waals surface area contributed by atoms with Gasteiger partial charge < -0.3 is 5.11 Å². The minimum atomic E-state index is -0.789. The van der Waals surface area contributed by atoms with E-state index in [-0.39, 0.29) is 6.42 Å². The van der Waals surface area contributed by atoms with Crippen LogP contribution < -0.4 is 0 Å². The lowest BCUT2D eigenvalue weighted by Crippen LogP contribution is -1.97. The van der Waals surface area contributed by atoms with E-state index in [9.17, 15) is 4.79 Å². The third-order valence-corrected chi connectivity index (χ3v) is 3.72. The second-order valence-corrected chi connectivity index (χ2v) is 5.06. The number of rotatable bonds is 4. The first-order valence-electron chi connectivity index (χ1n) is 5.29. The van der Waals surface area contributed by atoms with E-state index in [2.05, 4.69) is 10.1 Å². The number of aromatic nitrogens is 3. The summed E-state index contributed by atoms with van der Waals surface area (Å²) >= 11 is 1.62. The molecule has 0 amide bonds. The monoisotopic (exact) mass is 237 g/mol. The van der Waals surface area contributed by atoms with Gasteiger partial charge in [-0.15, -0.1) is 0 Å². The van der Waals surface area contributed by atoms with E-state index in [0.717, 1.165) is 15.7 Å². The van der Waals surface area contributed by atoms with Crippen molar-refractivity contribution in [2.24, 2.45) is 0 Å². The van der Waals surface area contributed by atoms with Crippen molar-refractivity contribution in [2.75, 3.05) is 0 Å². The Labute approximate surface area is 95.7 Å². The molecule has 2 aromatic rings. The largest absolute Gasteiger partial charge is 0.481 e. The number of aryl methyl sites for hydroxylation is 1. The normalized spacial score (nSPS) is 15.8. The van der Waals surface area contributed by atoms with Crippen LogP contribution in [0.25, 0.3) is 4.96 Å². The molecule has 84 valence electrons. The van der Waals surface area contributed by atoms with Crippen LogP contribution in [-0.4, -0.2) is 25.7 Å². The van der Waals surface area contributed by atoms with Gasteiger partial charge in [-0.25, -0.2) is 9.50 Å². The molecule has 1 fully saturated rings. The Morgan fingerprint density at radius 2 is 2.44 bits per heavy atom. The number of imidazole rings is 1. The van der Waals surface area contributed by atoms with Gasteiger partial charge in [0.15, 0.2) is 0 Å². The molecule has 1 aliphatic carbocycles. The van der Waals surface area contributed by atoms with Gasteiger partial charge in [-0.05, 0) is 12.8 Å². The molecule has 0 spiro atoms. The fourth-order valence-corrected chi connectivity index (χ4v) is 2.68. The van der Waals surface area contributed by atoms with Gasteiger partial charge in [0.1, 0.15) is 5.01 Å². The Balaban J connectivity index is 1.81. The first-order valence-corrected chi connectivity index (χ1v) is 6.11. The number of fused-ring (bicyclic) bond motifs is 1. The minimum Gasteiger partial charge on any atom is -0.481 e. The maximum absolute atomic E-state index is 10.4. The van der Waals surface area contributed by atoms with Gasteiger partial charge in [-0.3, -0.25) is 4.79 Å². The van der Waals surface area contributed by atoms with Crippen molar-refractivity contribution in [3.8, 4) is 0 Å². The summed E-state index contributed by atoms with van der Waals surface area (Å²) in [6.45, 7) is 0. The summed E-state index contributed by atoms with van der Waals surface area (Å²) in [5.41, 5.74) is 0.809. The number of nitrogens with zero attached hydrogens (tertiary/aromatic N) is 3. The molecule has 2 aromatic heterocycles. The van der Waals surface area contributed by atoms with E-state index in [4.69, 9.17) is 5.11 Å². The number of hydrogen-bond acceptors (Lipinski definition) is 4. The maximum Gasteiger partial charge on any atom is 0.303 e. The van der Waals surface area contributed by atoms with Crippen molar-refractivity contribution in [3.63, 3.8) is 0 Å². The molecular formula is C10H11N3O2S. The molecule has 6 heteroatoms. The van der Waals surface area contributed by atoms with E-state index >= 15 is 0 Å². The van der Waals surface area contributed by atoms with Crippen LogP contribution in [-0.2, 0) is 11.2 Å². The van der Waals surface area contributed by atoms with E-state index in [1.165, 1.54) is 12.8 Å².